The summed E-state index contributed by atoms with van der Waals surface area (Å²) in [5, 5.41) is 6.35. The van der Waals surface area contributed by atoms with Gasteiger partial charge in [0, 0.05) is 25.5 Å². The molecule has 0 aliphatic carbocycles. The minimum atomic E-state index is -0.319. The van der Waals surface area contributed by atoms with Gasteiger partial charge in [0.2, 0.25) is 11.8 Å². The van der Waals surface area contributed by atoms with E-state index in [1.807, 2.05) is 60.7 Å². The standard InChI is InChI=1S/C22H23N3O3/c1-16-13-20(24-28-16)23-21(26)15-25(2)22(27)14-19(17-9-5-3-6-10-17)18-11-7-4-8-12-18/h3-13,19H,14-15H2,1-2H3,(H,23,24,26). The Morgan fingerprint density at radius 2 is 1.61 bits per heavy atom. The predicted octanol–water partition coefficient (Wildman–Crippen LogP) is 3.60. The van der Waals surface area contributed by atoms with E-state index in [-0.39, 0.29) is 30.7 Å². The van der Waals surface area contributed by atoms with Gasteiger partial charge < -0.3 is 14.7 Å². The fraction of sp³-hybridized carbons (Fsp3) is 0.227. The number of carbonyl (C=O) groups excluding carboxylic acids is 2. The first kappa shape index (κ1) is 19.4. The Kier molecular flexibility index (Phi) is 6.22. The Bertz CT molecular complexity index is 883. The van der Waals surface area contributed by atoms with Crippen LogP contribution in [0.3, 0.4) is 0 Å². The van der Waals surface area contributed by atoms with Crippen molar-refractivity contribution >= 4 is 17.6 Å². The monoisotopic (exact) mass is 377 g/mol. The number of hydrogen-bond donors (Lipinski definition) is 1. The summed E-state index contributed by atoms with van der Waals surface area (Å²) >= 11 is 0. The highest BCUT2D eigenvalue weighted by atomic mass is 16.5. The van der Waals surface area contributed by atoms with E-state index < -0.39 is 0 Å². The lowest BCUT2D eigenvalue weighted by molar-refractivity contribution is -0.133. The molecule has 0 aliphatic rings. The lowest BCUT2D eigenvalue weighted by Crippen LogP contribution is -2.35. The molecule has 1 N–H and O–H groups in total. The van der Waals surface area contributed by atoms with Crippen LogP contribution in [0.5, 0.6) is 0 Å². The maximum atomic E-state index is 12.8. The molecular weight excluding hydrogens is 354 g/mol. The summed E-state index contributed by atoms with van der Waals surface area (Å²) in [5.74, 6) is 0.450. The average molecular weight is 377 g/mol. The molecule has 28 heavy (non-hydrogen) atoms. The Balaban J connectivity index is 1.66. The van der Waals surface area contributed by atoms with Crippen molar-refractivity contribution < 1.29 is 14.1 Å². The highest BCUT2D eigenvalue weighted by Gasteiger charge is 2.21. The van der Waals surface area contributed by atoms with E-state index in [0.717, 1.165) is 11.1 Å². The van der Waals surface area contributed by atoms with Crippen molar-refractivity contribution in [3.63, 3.8) is 0 Å². The summed E-state index contributed by atoms with van der Waals surface area (Å²) < 4.78 is 4.92. The normalized spacial score (nSPS) is 10.7. The van der Waals surface area contributed by atoms with Crippen molar-refractivity contribution in [2.75, 3.05) is 18.9 Å². The van der Waals surface area contributed by atoms with Gasteiger partial charge in [-0.3, -0.25) is 9.59 Å². The Morgan fingerprint density at radius 3 is 2.11 bits per heavy atom. The molecule has 2 aromatic carbocycles. The SMILES string of the molecule is Cc1cc(NC(=O)CN(C)C(=O)CC(c2ccccc2)c2ccccc2)no1. The molecule has 0 atom stereocenters. The zero-order valence-corrected chi connectivity index (χ0v) is 16.0. The first-order chi connectivity index (χ1) is 13.5. The van der Waals surface area contributed by atoms with Gasteiger partial charge in [-0.1, -0.05) is 65.8 Å². The molecule has 0 spiro atoms. The van der Waals surface area contributed by atoms with Gasteiger partial charge >= 0.3 is 0 Å². The minimum Gasteiger partial charge on any atom is -0.360 e. The summed E-state index contributed by atoms with van der Waals surface area (Å²) in [7, 11) is 1.63. The van der Waals surface area contributed by atoms with E-state index in [1.165, 1.54) is 4.90 Å². The molecule has 0 bridgehead atoms. The van der Waals surface area contributed by atoms with Gasteiger partial charge in [0.15, 0.2) is 5.82 Å². The predicted molar refractivity (Wildman–Crippen MR) is 107 cm³/mol. The number of nitrogens with one attached hydrogen (secondary N) is 1. The third-order valence-corrected chi connectivity index (χ3v) is 4.48. The third kappa shape index (κ3) is 5.07. The average Bonchev–Trinajstić information content (AvgIpc) is 3.11. The summed E-state index contributed by atoms with van der Waals surface area (Å²) in [6.07, 6.45) is 0.279. The van der Waals surface area contributed by atoms with Crippen molar-refractivity contribution in [1.29, 1.82) is 0 Å². The highest BCUT2D eigenvalue weighted by molar-refractivity contribution is 5.93. The summed E-state index contributed by atoms with van der Waals surface area (Å²) in [6.45, 7) is 1.69. The van der Waals surface area contributed by atoms with Gasteiger partial charge in [-0.25, -0.2) is 0 Å². The summed E-state index contributed by atoms with van der Waals surface area (Å²) in [6, 6.07) is 21.5. The van der Waals surface area contributed by atoms with Crippen LogP contribution in [0.2, 0.25) is 0 Å². The van der Waals surface area contributed by atoms with E-state index in [1.54, 1.807) is 20.0 Å². The van der Waals surface area contributed by atoms with Gasteiger partial charge in [0.1, 0.15) is 5.76 Å². The molecule has 6 nitrogen and oxygen atoms in total. The molecule has 144 valence electrons. The third-order valence-electron chi connectivity index (χ3n) is 4.48. The van der Waals surface area contributed by atoms with Crippen molar-refractivity contribution in [3.05, 3.63) is 83.6 Å². The first-order valence-corrected chi connectivity index (χ1v) is 9.10. The molecule has 3 rings (SSSR count). The number of aromatic nitrogens is 1. The molecule has 6 heteroatoms. The number of benzene rings is 2. The fourth-order valence-corrected chi connectivity index (χ4v) is 3.04. The van der Waals surface area contributed by atoms with E-state index in [0.29, 0.717) is 11.6 Å². The molecule has 1 aromatic heterocycles. The molecule has 0 saturated heterocycles. The molecule has 0 unspecified atom stereocenters. The van der Waals surface area contributed by atoms with E-state index >= 15 is 0 Å². The van der Waals surface area contributed by atoms with Crippen LogP contribution in [0.15, 0.2) is 71.3 Å². The molecule has 0 fully saturated rings. The van der Waals surface area contributed by atoms with E-state index in [2.05, 4.69) is 10.5 Å². The van der Waals surface area contributed by atoms with Crippen molar-refractivity contribution in [2.45, 2.75) is 19.3 Å². The van der Waals surface area contributed by atoms with Crippen LogP contribution in [0.25, 0.3) is 0 Å². The second-order valence-corrected chi connectivity index (χ2v) is 6.70. The number of nitrogens with zero attached hydrogens (tertiary/aromatic N) is 2. The maximum absolute atomic E-state index is 12.8. The summed E-state index contributed by atoms with van der Waals surface area (Å²) in [4.78, 5) is 26.4. The van der Waals surface area contributed by atoms with E-state index in [4.69, 9.17) is 4.52 Å². The zero-order valence-electron chi connectivity index (χ0n) is 16.0. The smallest absolute Gasteiger partial charge is 0.245 e. The van der Waals surface area contributed by atoms with Crippen LogP contribution in [-0.2, 0) is 9.59 Å². The fourth-order valence-electron chi connectivity index (χ4n) is 3.04. The molecule has 0 radical (unpaired) electrons. The molecular formula is C22H23N3O3. The molecule has 0 saturated carbocycles. The Morgan fingerprint density at radius 1 is 1.04 bits per heavy atom. The van der Waals surface area contributed by atoms with E-state index in [9.17, 15) is 9.59 Å². The maximum Gasteiger partial charge on any atom is 0.245 e. The number of carbonyl (C=O) groups is 2. The zero-order chi connectivity index (χ0) is 19.9. The quantitative estimate of drug-likeness (QED) is 0.683. The van der Waals surface area contributed by atoms with Crippen LogP contribution in [0, 0.1) is 6.92 Å². The van der Waals surface area contributed by atoms with Crippen LogP contribution >= 0.6 is 0 Å². The Labute approximate surface area is 164 Å². The largest absolute Gasteiger partial charge is 0.360 e. The van der Waals surface area contributed by atoms with Gasteiger partial charge in [-0.2, -0.15) is 0 Å². The number of hydrogen-bond acceptors (Lipinski definition) is 4. The topological polar surface area (TPSA) is 75.4 Å². The highest BCUT2D eigenvalue weighted by Crippen LogP contribution is 2.28. The van der Waals surface area contributed by atoms with Crippen LogP contribution in [-0.4, -0.2) is 35.5 Å². The van der Waals surface area contributed by atoms with Crippen LogP contribution < -0.4 is 5.32 Å². The second-order valence-electron chi connectivity index (χ2n) is 6.70. The van der Waals surface area contributed by atoms with Crippen molar-refractivity contribution in [2.24, 2.45) is 0 Å². The summed E-state index contributed by atoms with van der Waals surface area (Å²) in [5.41, 5.74) is 2.14. The van der Waals surface area contributed by atoms with Gasteiger partial charge in [-0.15, -0.1) is 0 Å². The lowest BCUT2D eigenvalue weighted by atomic mass is 9.88. The number of aryl methyl sites for hydroxylation is 1. The number of anilines is 1. The number of amides is 2. The lowest BCUT2D eigenvalue weighted by Gasteiger charge is -2.22. The van der Waals surface area contributed by atoms with Crippen LogP contribution in [0.1, 0.15) is 29.2 Å². The van der Waals surface area contributed by atoms with Crippen molar-refractivity contribution in [1.82, 2.24) is 10.1 Å². The van der Waals surface area contributed by atoms with Gasteiger partial charge in [0.25, 0.3) is 0 Å². The van der Waals surface area contributed by atoms with Crippen LogP contribution in [0.4, 0.5) is 5.82 Å². The molecule has 3 aromatic rings. The molecule has 1 heterocycles. The number of rotatable bonds is 7. The van der Waals surface area contributed by atoms with Crippen molar-refractivity contribution in [3.8, 4) is 0 Å². The Hall–Kier alpha value is -3.41. The minimum absolute atomic E-state index is 0.0545. The number of likely N-dealkylation sites (N-methyl/N-ethyl adjacent to an activating group) is 1. The molecule has 0 aliphatic heterocycles. The van der Waals surface area contributed by atoms with Gasteiger partial charge in [-0.05, 0) is 18.1 Å². The molecule has 2 amide bonds. The second kappa shape index (κ2) is 8.99. The first-order valence-electron chi connectivity index (χ1n) is 9.10. The van der Waals surface area contributed by atoms with Gasteiger partial charge in [0.05, 0.1) is 6.54 Å².